The first-order valence-electron chi connectivity index (χ1n) is 13.2. The molecule has 2 aromatic rings. The minimum absolute atomic E-state index is 0.0534. The molecule has 0 aromatic heterocycles. The molecule has 39 heavy (non-hydrogen) atoms. The zero-order chi connectivity index (χ0) is 29.3. The Kier molecular flexibility index (Phi) is 11.3. The van der Waals surface area contributed by atoms with E-state index < -0.39 is 35.6 Å². The summed E-state index contributed by atoms with van der Waals surface area (Å²) in [5.74, 6) is -0.247. The molecule has 0 spiro atoms. The molecule has 3 amide bonds. The highest BCUT2D eigenvalue weighted by Gasteiger charge is 2.36. The molecule has 2 unspecified atom stereocenters. The molecule has 214 valence electrons. The molecule has 0 aliphatic carbocycles. The highest BCUT2D eigenvalue weighted by atomic mass is 16.6. The Hall–Kier alpha value is -3.59. The molecule has 0 aliphatic heterocycles. The van der Waals surface area contributed by atoms with Gasteiger partial charge in [0, 0.05) is 12.2 Å². The van der Waals surface area contributed by atoms with E-state index in [1.807, 2.05) is 45.9 Å². The molecule has 0 saturated carbocycles. The fourth-order valence-electron chi connectivity index (χ4n) is 4.34. The van der Waals surface area contributed by atoms with Crippen molar-refractivity contribution in [3.8, 4) is 5.75 Å². The van der Waals surface area contributed by atoms with Crippen LogP contribution in [0.25, 0.3) is 0 Å². The van der Waals surface area contributed by atoms with Crippen molar-refractivity contribution >= 4 is 23.6 Å². The summed E-state index contributed by atoms with van der Waals surface area (Å²) in [6.45, 7) is 12.4. The number of amides is 3. The van der Waals surface area contributed by atoms with E-state index in [-0.39, 0.29) is 19.1 Å². The number of ether oxygens (including phenoxy) is 2. The summed E-state index contributed by atoms with van der Waals surface area (Å²) >= 11 is 0. The lowest BCUT2D eigenvalue weighted by molar-refractivity contribution is -0.141. The van der Waals surface area contributed by atoms with Gasteiger partial charge in [-0.3, -0.25) is 9.59 Å². The van der Waals surface area contributed by atoms with Gasteiger partial charge in [-0.2, -0.15) is 0 Å². The van der Waals surface area contributed by atoms with Gasteiger partial charge in [-0.1, -0.05) is 43.2 Å². The molecule has 9 nitrogen and oxygen atoms in total. The molecule has 0 radical (unpaired) electrons. The molecule has 2 rings (SSSR count). The van der Waals surface area contributed by atoms with Crippen LogP contribution < -0.4 is 15.4 Å². The highest BCUT2D eigenvalue weighted by Crippen LogP contribution is 2.27. The van der Waals surface area contributed by atoms with Crippen LogP contribution in [0.5, 0.6) is 5.75 Å². The quantitative estimate of drug-likeness (QED) is 0.378. The third kappa shape index (κ3) is 9.90. The van der Waals surface area contributed by atoms with Crippen molar-refractivity contribution in [2.45, 2.75) is 72.6 Å². The number of anilines is 1. The molecule has 0 fully saturated rings. The summed E-state index contributed by atoms with van der Waals surface area (Å²) in [6.07, 6.45) is -0.407. The van der Waals surface area contributed by atoms with Crippen LogP contribution in [0.3, 0.4) is 0 Å². The first-order valence-corrected chi connectivity index (χ1v) is 13.2. The Morgan fingerprint density at radius 2 is 1.59 bits per heavy atom. The van der Waals surface area contributed by atoms with Crippen LogP contribution in [-0.2, 0) is 14.3 Å². The van der Waals surface area contributed by atoms with Crippen molar-refractivity contribution in [3.05, 3.63) is 59.2 Å². The fraction of sp³-hybridized carbons (Fsp3) is 0.500. The summed E-state index contributed by atoms with van der Waals surface area (Å²) in [5.41, 5.74) is 2.22. The maximum absolute atomic E-state index is 14.0. The lowest BCUT2D eigenvalue weighted by Crippen LogP contribution is -2.53. The summed E-state index contributed by atoms with van der Waals surface area (Å²) in [5, 5.41) is 15.6. The van der Waals surface area contributed by atoms with E-state index in [2.05, 4.69) is 10.6 Å². The first kappa shape index (κ1) is 31.6. The summed E-state index contributed by atoms with van der Waals surface area (Å²) < 4.78 is 10.6. The van der Waals surface area contributed by atoms with Gasteiger partial charge in [0.2, 0.25) is 5.91 Å². The van der Waals surface area contributed by atoms with E-state index in [1.165, 1.54) is 4.90 Å². The van der Waals surface area contributed by atoms with E-state index >= 15 is 0 Å². The largest absolute Gasteiger partial charge is 0.497 e. The smallest absolute Gasteiger partial charge is 0.408 e. The standard InChI is InChI=1S/C30H43N3O6/c1-19(2)15-25(32-29(37)39-30(5,6)7)28(36)33(13-14-34)26(22-17-20(3)16-21(4)18-22)27(35)31-23-9-11-24(38-8)12-10-23/h9-12,16-19,25-26,34H,13-15H2,1-8H3,(H,31,35)(H,32,37). The number of rotatable bonds is 11. The van der Waals surface area contributed by atoms with Gasteiger partial charge >= 0.3 is 6.09 Å². The Morgan fingerprint density at radius 1 is 1.00 bits per heavy atom. The molecular formula is C30H43N3O6. The molecule has 2 aromatic carbocycles. The maximum atomic E-state index is 14.0. The third-order valence-corrected chi connectivity index (χ3v) is 5.80. The van der Waals surface area contributed by atoms with Gasteiger partial charge in [0.25, 0.3) is 5.91 Å². The molecule has 0 bridgehead atoms. The van der Waals surface area contributed by atoms with Crippen LogP contribution in [0.2, 0.25) is 0 Å². The summed E-state index contributed by atoms with van der Waals surface area (Å²) in [6, 6.07) is 10.5. The normalized spacial score (nSPS) is 12.9. The highest BCUT2D eigenvalue weighted by molar-refractivity contribution is 5.99. The number of carbonyl (C=O) groups is 3. The third-order valence-electron chi connectivity index (χ3n) is 5.80. The number of nitrogens with zero attached hydrogens (tertiary/aromatic N) is 1. The van der Waals surface area contributed by atoms with Crippen LogP contribution in [0.4, 0.5) is 10.5 Å². The second kappa shape index (κ2) is 14.0. The maximum Gasteiger partial charge on any atom is 0.408 e. The zero-order valence-electron chi connectivity index (χ0n) is 24.3. The number of alkyl carbamates (subject to hydrolysis) is 1. The number of benzene rings is 2. The van der Waals surface area contributed by atoms with Crippen molar-refractivity contribution in [2.24, 2.45) is 5.92 Å². The van der Waals surface area contributed by atoms with Crippen molar-refractivity contribution < 1.29 is 29.0 Å². The Bertz CT molecular complexity index is 1100. The molecule has 0 heterocycles. The van der Waals surface area contributed by atoms with Gasteiger partial charge < -0.3 is 30.1 Å². The van der Waals surface area contributed by atoms with Gasteiger partial charge in [-0.25, -0.2) is 4.79 Å². The minimum atomic E-state index is -1.07. The van der Waals surface area contributed by atoms with Crippen molar-refractivity contribution in [1.82, 2.24) is 10.2 Å². The molecule has 3 N–H and O–H groups in total. The van der Waals surface area contributed by atoms with Crippen molar-refractivity contribution in [3.63, 3.8) is 0 Å². The van der Waals surface area contributed by atoms with Crippen molar-refractivity contribution in [2.75, 3.05) is 25.6 Å². The van der Waals surface area contributed by atoms with E-state index in [0.717, 1.165) is 11.1 Å². The number of nitrogens with one attached hydrogen (secondary N) is 2. The second-order valence-corrected chi connectivity index (χ2v) is 11.1. The van der Waals surface area contributed by atoms with Gasteiger partial charge in [0.15, 0.2) is 0 Å². The molecule has 2 atom stereocenters. The predicted octanol–water partition coefficient (Wildman–Crippen LogP) is 4.75. The van der Waals surface area contributed by atoms with Crippen LogP contribution in [0.15, 0.2) is 42.5 Å². The Labute approximate surface area is 231 Å². The summed E-state index contributed by atoms with van der Waals surface area (Å²) in [4.78, 5) is 41.9. The van der Waals surface area contributed by atoms with Crippen molar-refractivity contribution in [1.29, 1.82) is 0 Å². The van der Waals surface area contributed by atoms with Crippen LogP contribution in [-0.4, -0.2) is 59.8 Å². The Balaban J connectivity index is 2.53. The van der Waals surface area contributed by atoms with E-state index in [0.29, 0.717) is 23.4 Å². The van der Waals surface area contributed by atoms with E-state index in [9.17, 15) is 19.5 Å². The monoisotopic (exact) mass is 541 g/mol. The zero-order valence-corrected chi connectivity index (χ0v) is 24.3. The molecular weight excluding hydrogens is 498 g/mol. The number of aryl methyl sites for hydroxylation is 2. The Morgan fingerprint density at radius 3 is 2.08 bits per heavy atom. The average Bonchev–Trinajstić information content (AvgIpc) is 2.81. The second-order valence-electron chi connectivity index (χ2n) is 11.1. The molecule has 0 saturated heterocycles. The van der Waals surface area contributed by atoms with Gasteiger partial charge in [0.1, 0.15) is 23.4 Å². The summed E-state index contributed by atoms with van der Waals surface area (Å²) in [7, 11) is 1.56. The van der Waals surface area contributed by atoms with Crippen LogP contribution in [0, 0.1) is 19.8 Å². The van der Waals surface area contributed by atoms with Crippen LogP contribution >= 0.6 is 0 Å². The lowest BCUT2D eigenvalue weighted by atomic mass is 9.97. The van der Waals surface area contributed by atoms with Gasteiger partial charge in [-0.05, 0) is 76.8 Å². The number of aliphatic hydroxyl groups excluding tert-OH is 1. The fourth-order valence-corrected chi connectivity index (χ4v) is 4.34. The predicted molar refractivity (Wildman–Crippen MR) is 152 cm³/mol. The number of aliphatic hydroxyl groups is 1. The van der Waals surface area contributed by atoms with E-state index in [4.69, 9.17) is 9.47 Å². The number of carbonyl (C=O) groups excluding carboxylic acids is 3. The minimum Gasteiger partial charge on any atom is -0.497 e. The lowest BCUT2D eigenvalue weighted by Gasteiger charge is -2.34. The van der Waals surface area contributed by atoms with Crippen LogP contribution in [0.1, 0.15) is 63.8 Å². The number of hydrogen-bond acceptors (Lipinski definition) is 6. The number of methoxy groups -OCH3 is 1. The molecule has 0 aliphatic rings. The topological polar surface area (TPSA) is 117 Å². The SMILES string of the molecule is COc1ccc(NC(=O)C(c2cc(C)cc(C)c2)N(CCO)C(=O)C(CC(C)C)NC(=O)OC(C)(C)C)cc1. The molecule has 9 heteroatoms. The number of hydrogen-bond donors (Lipinski definition) is 3. The first-order chi connectivity index (χ1) is 18.2. The average molecular weight is 542 g/mol. The van der Waals surface area contributed by atoms with E-state index in [1.54, 1.807) is 52.1 Å². The van der Waals surface area contributed by atoms with Gasteiger partial charge in [0.05, 0.1) is 13.7 Å². The van der Waals surface area contributed by atoms with Gasteiger partial charge in [-0.15, -0.1) is 0 Å².